The van der Waals surface area contributed by atoms with Gasteiger partial charge in [0.2, 0.25) is 0 Å². The zero-order valence-corrected chi connectivity index (χ0v) is 11.2. The highest BCUT2D eigenvalue weighted by Gasteiger charge is 2.01. The number of nitrogens with one attached hydrogen (secondary N) is 4. The van der Waals surface area contributed by atoms with Crippen LogP contribution in [0.5, 0.6) is 0 Å². The minimum Gasteiger partial charge on any atom is -0.338 e. The van der Waals surface area contributed by atoms with Crippen LogP contribution in [-0.4, -0.2) is 31.7 Å². The molecule has 0 saturated carbocycles. The maximum absolute atomic E-state index is 11.5. The number of rotatable bonds is 5. The Kier molecular flexibility index (Phi) is 6.21. The van der Waals surface area contributed by atoms with Crippen molar-refractivity contribution in [1.82, 2.24) is 16.0 Å². The van der Waals surface area contributed by atoms with E-state index in [4.69, 9.17) is 0 Å². The third-order valence-electron chi connectivity index (χ3n) is 2.31. The monoisotopic (exact) mass is 264 g/mol. The van der Waals surface area contributed by atoms with Gasteiger partial charge in [-0.2, -0.15) is 0 Å². The quantitative estimate of drug-likeness (QED) is 0.607. The topological polar surface area (TPSA) is 82.3 Å². The van der Waals surface area contributed by atoms with E-state index in [1.165, 1.54) is 0 Å². The van der Waals surface area contributed by atoms with Crippen LogP contribution >= 0.6 is 0 Å². The number of hydrogen-bond acceptors (Lipinski definition) is 2. The fraction of sp³-hybridized carbons (Fsp3) is 0.385. The molecule has 0 radical (unpaired) electrons. The molecular formula is C13H20N4O2. The van der Waals surface area contributed by atoms with Crippen molar-refractivity contribution < 1.29 is 9.59 Å². The fourth-order valence-corrected chi connectivity index (χ4v) is 1.47. The Bertz CT molecular complexity index is 434. The molecule has 0 unspecified atom stereocenters. The maximum atomic E-state index is 11.5. The predicted octanol–water partition coefficient (Wildman–Crippen LogP) is 1.44. The standard InChI is InChI=1S/C13H20N4O2/c1-3-14-12(18)15-7-8-16-13(19)17-11-6-4-5-10(2)9-11/h4-6,9H,3,7-8H2,1-2H3,(H2,14,15,18)(H2,16,17,19). The average molecular weight is 264 g/mol. The van der Waals surface area contributed by atoms with E-state index in [2.05, 4.69) is 21.3 Å². The van der Waals surface area contributed by atoms with Crippen molar-refractivity contribution in [3.63, 3.8) is 0 Å². The Morgan fingerprint density at radius 2 is 1.74 bits per heavy atom. The van der Waals surface area contributed by atoms with E-state index >= 15 is 0 Å². The highest BCUT2D eigenvalue weighted by molar-refractivity contribution is 5.89. The van der Waals surface area contributed by atoms with Crippen molar-refractivity contribution in [3.8, 4) is 0 Å². The van der Waals surface area contributed by atoms with Gasteiger partial charge in [0, 0.05) is 25.3 Å². The minimum absolute atomic E-state index is 0.233. The smallest absolute Gasteiger partial charge is 0.319 e. The fourth-order valence-electron chi connectivity index (χ4n) is 1.47. The predicted molar refractivity (Wildman–Crippen MR) is 75.3 cm³/mol. The van der Waals surface area contributed by atoms with E-state index in [0.29, 0.717) is 19.6 Å². The Labute approximate surface area is 113 Å². The molecule has 104 valence electrons. The molecule has 19 heavy (non-hydrogen) atoms. The summed E-state index contributed by atoms with van der Waals surface area (Å²) in [7, 11) is 0. The molecule has 0 bridgehead atoms. The molecule has 0 aliphatic rings. The zero-order valence-electron chi connectivity index (χ0n) is 11.2. The molecule has 4 N–H and O–H groups in total. The van der Waals surface area contributed by atoms with Gasteiger partial charge in [0.15, 0.2) is 0 Å². The minimum atomic E-state index is -0.289. The van der Waals surface area contributed by atoms with Gasteiger partial charge < -0.3 is 21.3 Å². The van der Waals surface area contributed by atoms with Crippen LogP contribution in [0.15, 0.2) is 24.3 Å². The van der Waals surface area contributed by atoms with E-state index in [1.807, 2.05) is 38.1 Å². The SMILES string of the molecule is CCNC(=O)NCCNC(=O)Nc1cccc(C)c1. The van der Waals surface area contributed by atoms with E-state index < -0.39 is 0 Å². The molecule has 0 fully saturated rings. The van der Waals surface area contributed by atoms with Gasteiger partial charge in [0.25, 0.3) is 0 Å². The van der Waals surface area contributed by atoms with Gasteiger partial charge in [-0.25, -0.2) is 9.59 Å². The van der Waals surface area contributed by atoms with Crippen LogP contribution in [0.2, 0.25) is 0 Å². The van der Waals surface area contributed by atoms with Crippen molar-refractivity contribution in [1.29, 1.82) is 0 Å². The largest absolute Gasteiger partial charge is 0.338 e. The number of hydrogen-bond donors (Lipinski definition) is 4. The first-order chi connectivity index (χ1) is 9.11. The van der Waals surface area contributed by atoms with E-state index in [0.717, 1.165) is 11.3 Å². The lowest BCUT2D eigenvalue weighted by Gasteiger charge is -2.09. The third kappa shape index (κ3) is 6.30. The van der Waals surface area contributed by atoms with Crippen LogP contribution in [0.3, 0.4) is 0 Å². The molecule has 0 aliphatic carbocycles. The summed E-state index contributed by atoms with van der Waals surface area (Å²) in [5.41, 5.74) is 1.82. The van der Waals surface area contributed by atoms with Crippen molar-refractivity contribution >= 4 is 17.7 Å². The van der Waals surface area contributed by atoms with Crippen LogP contribution in [0.1, 0.15) is 12.5 Å². The molecule has 1 aromatic carbocycles. The molecule has 4 amide bonds. The first kappa shape index (κ1) is 14.8. The average Bonchev–Trinajstić information content (AvgIpc) is 2.35. The molecule has 0 aliphatic heterocycles. The second kappa shape index (κ2) is 7.97. The van der Waals surface area contributed by atoms with Gasteiger partial charge in [-0.05, 0) is 31.5 Å². The van der Waals surface area contributed by atoms with Crippen LogP contribution in [0.25, 0.3) is 0 Å². The summed E-state index contributed by atoms with van der Waals surface area (Å²) in [6, 6.07) is 7.01. The van der Waals surface area contributed by atoms with Crippen molar-refractivity contribution in [3.05, 3.63) is 29.8 Å². The lowest BCUT2D eigenvalue weighted by molar-refractivity contribution is 0.240. The molecule has 6 nitrogen and oxygen atoms in total. The van der Waals surface area contributed by atoms with E-state index in [1.54, 1.807) is 0 Å². The van der Waals surface area contributed by atoms with Crippen molar-refractivity contribution in [2.75, 3.05) is 25.0 Å². The summed E-state index contributed by atoms with van der Waals surface area (Å²) in [4.78, 5) is 22.6. The van der Waals surface area contributed by atoms with Gasteiger partial charge in [-0.1, -0.05) is 12.1 Å². The third-order valence-corrected chi connectivity index (χ3v) is 2.31. The summed E-state index contributed by atoms with van der Waals surface area (Å²) in [6.07, 6.45) is 0. The number of benzene rings is 1. The number of anilines is 1. The van der Waals surface area contributed by atoms with Gasteiger partial charge in [0.1, 0.15) is 0 Å². The number of aryl methyl sites for hydroxylation is 1. The van der Waals surface area contributed by atoms with Gasteiger partial charge in [0.05, 0.1) is 0 Å². The maximum Gasteiger partial charge on any atom is 0.319 e. The molecule has 0 saturated heterocycles. The number of carbonyl (C=O) groups excluding carboxylic acids is 2. The molecule has 0 spiro atoms. The first-order valence-corrected chi connectivity index (χ1v) is 6.25. The molecule has 6 heteroatoms. The molecule has 0 aromatic heterocycles. The van der Waals surface area contributed by atoms with Gasteiger partial charge in [-0.3, -0.25) is 0 Å². The highest BCUT2D eigenvalue weighted by atomic mass is 16.2. The molecule has 1 aromatic rings. The van der Waals surface area contributed by atoms with E-state index in [9.17, 15) is 9.59 Å². The summed E-state index contributed by atoms with van der Waals surface area (Å²) < 4.78 is 0. The normalized spacial score (nSPS) is 9.58. The number of urea groups is 2. The van der Waals surface area contributed by atoms with Crippen molar-refractivity contribution in [2.24, 2.45) is 0 Å². The summed E-state index contributed by atoms with van der Waals surface area (Å²) in [5.74, 6) is 0. The first-order valence-electron chi connectivity index (χ1n) is 6.25. The molecule has 0 heterocycles. The molecular weight excluding hydrogens is 244 g/mol. The Morgan fingerprint density at radius 3 is 2.37 bits per heavy atom. The van der Waals surface area contributed by atoms with Crippen LogP contribution < -0.4 is 21.3 Å². The van der Waals surface area contributed by atoms with Crippen LogP contribution in [-0.2, 0) is 0 Å². The highest BCUT2D eigenvalue weighted by Crippen LogP contribution is 2.08. The zero-order chi connectivity index (χ0) is 14.1. The Balaban J connectivity index is 2.20. The lowest BCUT2D eigenvalue weighted by atomic mass is 10.2. The summed E-state index contributed by atoms with van der Waals surface area (Å²) >= 11 is 0. The summed E-state index contributed by atoms with van der Waals surface area (Å²) in [6.45, 7) is 5.13. The summed E-state index contributed by atoms with van der Waals surface area (Å²) in [5, 5.41) is 10.6. The van der Waals surface area contributed by atoms with Gasteiger partial charge in [-0.15, -0.1) is 0 Å². The second-order valence-corrected chi connectivity index (χ2v) is 4.04. The van der Waals surface area contributed by atoms with Crippen LogP contribution in [0, 0.1) is 6.92 Å². The lowest BCUT2D eigenvalue weighted by Crippen LogP contribution is -2.41. The van der Waals surface area contributed by atoms with Gasteiger partial charge >= 0.3 is 12.1 Å². The molecule has 1 rings (SSSR count). The van der Waals surface area contributed by atoms with Crippen molar-refractivity contribution in [2.45, 2.75) is 13.8 Å². The number of carbonyl (C=O) groups is 2. The van der Waals surface area contributed by atoms with E-state index in [-0.39, 0.29) is 12.1 Å². The Morgan fingerprint density at radius 1 is 1.05 bits per heavy atom. The second-order valence-electron chi connectivity index (χ2n) is 4.04. The Hall–Kier alpha value is -2.24. The number of amides is 4. The molecule has 0 atom stereocenters. The van der Waals surface area contributed by atoms with Crippen LogP contribution in [0.4, 0.5) is 15.3 Å².